The van der Waals surface area contributed by atoms with Crippen molar-refractivity contribution in [2.75, 3.05) is 5.88 Å². The van der Waals surface area contributed by atoms with Crippen molar-refractivity contribution in [3.8, 4) is 0 Å². The van der Waals surface area contributed by atoms with Gasteiger partial charge in [-0.3, -0.25) is 4.79 Å². The fourth-order valence-electron chi connectivity index (χ4n) is 2.02. The zero-order chi connectivity index (χ0) is 14.4. The highest BCUT2D eigenvalue weighted by Gasteiger charge is 2.32. The number of nitrogens with zero attached hydrogens (tertiary/aromatic N) is 2. The van der Waals surface area contributed by atoms with E-state index in [-0.39, 0.29) is 17.8 Å². The van der Waals surface area contributed by atoms with E-state index >= 15 is 0 Å². The minimum Gasteiger partial charge on any atom is -0.272 e. The van der Waals surface area contributed by atoms with Crippen LogP contribution >= 0.6 is 11.6 Å². The number of hydrogen-bond donors (Lipinski definition) is 0. The molecule has 19 heavy (non-hydrogen) atoms. The maximum absolute atomic E-state index is 11.9. The number of hydrazone groups is 1. The van der Waals surface area contributed by atoms with Crippen molar-refractivity contribution in [1.29, 1.82) is 0 Å². The van der Waals surface area contributed by atoms with Crippen molar-refractivity contribution < 1.29 is 4.79 Å². The number of allylic oxidation sites excluding steroid dienone is 4. The zero-order valence-electron chi connectivity index (χ0n) is 11.4. The van der Waals surface area contributed by atoms with Gasteiger partial charge >= 0.3 is 0 Å². The van der Waals surface area contributed by atoms with Crippen molar-refractivity contribution in [3.63, 3.8) is 0 Å². The molecule has 1 amide bonds. The van der Waals surface area contributed by atoms with Crippen LogP contribution in [0, 0.1) is 0 Å². The molecule has 0 radical (unpaired) electrons. The fourth-order valence-corrected chi connectivity index (χ4v) is 2.14. The maximum Gasteiger partial charge on any atom is 0.258 e. The van der Waals surface area contributed by atoms with Gasteiger partial charge in [0.15, 0.2) is 0 Å². The van der Waals surface area contributed by atoms with E-state index in [0.717, 1.165) is 16.9 Å². The van der Waals surface area contributed by atoms with Crippen LogP contribution in [0.4, 0.5) is 0 Å². The summed E-state index contributed by atoms with van der Waals surface area (Å²) in [5.74, 6) is -0.277. The molecule has 0 bridgehead atoms. The third kappa shape index (κ3) is 3.44. The van der Waals surface area contributed by atoms with Gasteiger partial charge in [-0.25, -0.2) is 5.01 Å². The first-order valence-electron chi connectivity index (χ1n) is 6.12. The molecular weight excluding hydrogens is 260 g/mol. The highest BCUT2D eigenvalue weighted by molar-refractivity contribution is 6.27. The first kappa shape index (κ1) is 15.4. The van der Waals surface area contributed by atoms with Gasteiger partial charge in [0.2, 0.25) is 0 Å². The molecular formula is C15H19ClN2O. The molecule has 4 heteroatoms. The van der Waals surface area contributed by atoms with Crippen LogP contribution in [0.1, 0.15) is 20.3 Å². The van der Waals surface area contributed by atoms with Gasteiger partial charge in [-0.1, -0.05) is 37.5 Å². The van der Waals surface area contributed by atoms with Crippen molar-refractivity contribution in [3.05, 3.63) is 48.6 Å². The molecule has 0 aromatic carbocycles. The molecule has 1 aliphatic heterocycles. The van der Waals surface area contributed by atoms with Crippen LogP contribution in [0.5, 0.6) is 0 Å². The van der Waals surface area contributed by atoms with Crippen molar-refractivity contribution in [2.45, 2.75) is 26.3 Å². The summed E-state index contributed by atoms with van der Waals surface area (Å²) in [5.41, 5.74) is 2.86. The molecule has 3 nitrogen and oxygen atoms in total. The first-order chi connectivity index (χ1) is 9.08. The highest BCUT2D eigenvalue weighted by atomic mass is 35.5. The van der Waals surface area contributed by atoms with Crippen LogP contribution < -0.4 is 0 Å². The second kappa shape index (κ2) is 7.10. The largest absolute Gasteiger partial charge is 0.272 e. The summed E-state index contributed by atoms with van der Waals surface area (Å²) in [5, 5.41) is 5.85. The Morgan fingerprint density at radius 1 is 1.58 bits per heavy atom. The predicted molar refractivity (Wildman–Crippen MR) is 81.3 cm³/mol. The van der Waals surface area contributed by atoms with E-state index in [0.29, 0.717) is 6.42 Å². The van der Waals surface area contributed by atoms with Crippen molar-refractivity contribution in [2.24, 2.45) is 5.10 Å². The summed E-state index contributed by atoms with van der Waals surface area (Å²) in [6.07, 6.45) is 7.96. The maximum atomic E-state index is 11.9. The van der Waals surface area contributed by atoms with Gasteiger partial charge in [-0.15, -0.1) is 11.6 Å². The Labute approximate surface area is 119 Å². The lowest BCUT2D eigenvalue weighted by atomic mass is 9.98. The van der Waals surface area contributed by atoms with Gasteiger partial charge in [0.25, 0.3) is 5.91 Å². The molecule has 0 aliphatic carbocycles. The Bertz CT molecular complexity index is 475. The van der Waals surface area contributed by atoms with Gasteiger partial charge < -0.3 is 0 Å². The van der Waals surface area contributed by atoms with Crippen molar-refractivity contribution >= 4 is 23.2 Å². The van der Waals surface area contributed by atoms with Crippen LogP contribution in [0.25, 0.3) is 0 Å². The molecule has 1 atom stereocenters. The summed E-state index contributed by atoms with van der Waals surface area (Å²) >= 11 is 5.64. The number of carbonyl (C=O) groups excluding carboxylic acids is 1. The fraction of sp³-hybridized carbons (Fsp3) is 0.333. The molecule has 1 heterocycles. The Morgan fingerprint density at radius 3 is 2.74 bits per heavy atom. The Hall–Kier alpha value is -1.61. The molecule has 0 N–H and O–H groups in total. The van der Waals surface area contributed by atoms with E-state index in [1.54, 1.807) is 12.2 Å². The number of hydrogen-bond acceptors (Lipinski definition) is 2. The second-order valence-corrected chi connectivity index (χ2v) is 4.48. The molecule has 0 aromatic heterocycles. The molecule has 0 aromatic rings. The lowest BCUT2D eigenvalue weighted by Crippen LogP contribution is -2.34. The predicted octanol–water partition coefficient (Wildman–Crippen LogP) is 3.45. The quantitative estimate of drug-likeness (QED) is 0.560. The van der Waals surface area contributed by atoms with Crippen LogP contribution in [-0.2, 0) is 4.79 Å². The minimum atomic E-state index is -0.200. The van der Waals surface area contributed by atoms with Crippen LogP contribution in [-0.4, -0.2) is 28.5 Å². The monoisotopic (exact) mass is 278 g/mol. The smallest absolute Gasteiger partial charge is 0.258 e. The normalized spacial score (nSPS) is 20.3. The van der Waals surface area contributed by atoms with E-state index in [9.17, 15) is 4.79 Å². The van der Waals surface area contributed by atoms with Gasteiger partial charge in [0, 0.05) is 6.42 Å². The van der Waals surface area contributed by atoms with Gasteiger partial charge in [-0.05, 0) is 25.0 Å². The first-order valence-corrected chi connectivity index (χ1v) is 6.66. The van der Waals surface area contributed by atoms with Gasteiger partial charge in [0.1, 0.15) is 5.88 Å². The lowest BCUT2D eigenvalue weighted by Gasteiger charge is -2.21. The molecule has 0 spiro atoms. The Morgan fingerprint density at radius 2 is 2.26 bits per heavy atom. The van der Waals surface area contributed by atoms with Crippen LogP contribution in [0.3, 0.4) is 0 Å². The average Bonchev–Trinajstić information content (AvgIpc) is 2.85. The SMILES string of the molecule is C=C/C=C(\C)C1=NN(C(=O)CCl)C(/C(C=C)=C/C)C1. The van der Waals surface area contributed by atoms with Gasteiger partial charge in [-0.2, -0.15) is 5.10 Å². The van der Waals surface area contributed by atoms with E-state index in [1.807, 2.05) is 26.0 Å². The molecule has 1 rings (SSSR count). The summed E-state index contributed by atoms with van der Waals surface area (Å²) in [4.78, 5) is 11.9. The summed E-state index contributed by atoms with van der Waals surface area (Å²) in [6, 6.07) is -0.114. The van der Waals surface area contributed by atoms with Crippen LogP contribution in [0.15, 0.2) is 53.7 Å². The Kier molecular flexibility index (Phi) is 5.77. The van der Waals surface area contributed by atoms with Crippen LogP contribution in [0.2, 0.25) is 0 Å². The lowest BCUT2D eigenvalue weighted by molar-refractivity contribution is -0.129. The van der Waals surface area contributed by atoms with E-state index in [2.05, 4.69) is 18.3 Å². The number of rotatable bonds is 5. The third-order valence-electron chi connectivity index (χ3n) is 3.06. The highest BCUT2D eigenvalue weighted by Crippen LogP contribution is 2.26. The topological polar surface area (TPSA) is 32.7 Å². The zero-order valence-corrected chi connectivity index (χ0v) is 12.2. The number of halogens is 1. The van der Waals surface area contributed by atoms with E-state index in [1.165, 1.54) is 5.01 Å². The Balaban J connectivity index is 3.10. The number of carbonyl (C=O) groups is 1. The summed E-state index contributed by atoms with van der Waals surface area (Å²) < 4.78 is 0. The second-order valence-electron chi connectivity index (χ2n) is 4.22. The summed E-state index contributed by atoms with van der Waals surface area (Å²) in [6.45, 7) is 11.3. The number of amides is 1. The van der Waals surface area contributed by atoms with E-state index < -0.39 is 0 Å². The standard InChI is InChI=1S/C15H19ClN2O/c1-5-8-11(4)13-9-14(12(6-2)7-3)18(17-13)15(19)10-16/h5-8,14H,1-2,9-10H2,3-4H3/b11-8+,12-7+. The van der Waals surface area contributed by atoms with E-state index in [4.69, 9.17) is 11.6 Å². The number of alkyl halides is 1. The van der Waals surface area contributed by atoms with Gasteiger partial charge in [0.05, 0.1) is 11.8 Å². The molecule has 0 saturated carbocycles. The average molecular weight is 279 g/mol. The summed E-state index contributed by atoms with van der Waals surface area (Å²) in [7, 11) is 0. The molecule has 0 fully saturated rings. The molecule has 1 unspecified atom stereocenters. The minimum absolute atomic E-state index is 0.0777. The molecule has 1 aliphatic rings. The third-order valence-corrected chi connectivity index (χ3v) is 3.29. The van der Waals surface area contributed by atoms with Crippen molar-refractivity contribution in [1.82, 2.24) is 5.01 Å². The molecule has 102 valence electrons. The molecule has 0 saturated heterocycles.